The smallest absolute Gasteiger partial charge is 0.251 e. The van der Waals surface area contributed by atoms with Crippen molar-refractivity contribution in [2.24, 2.45) is 0 Å². The minimum absolute atomic E-state index is 0.0391. The molecule has 0 aliphatic carbocycles. The van der Waals surface area contributed by atoms with Crippen molar-refractivity contribution in [3.05, 3.63) is 33.3 Å². The van der Waals surface area contributed by atoms with Crippen molar-refractivity contribution in [1.82, 2.24) is 10.6 Å². The molecule has 2 amide bonds. The van der Waals surface area contributed by atoms with Crippen LogP contribution in [0.25, 0.3) is 0 Å². The van der Waals surface area contributed by atoms with Gasteiger partial charge in [0.1, 0.15) is 0 Å². The zero-order chi connectivity index (χ0) is 13.1. The normalized spacial score (nSPS) is 18.6. The predicted octanol–water partition coefficient (Wildman–Crippen LogP) is 2.11. The molecule has 1 atom stereocenters. The van der Waals surface area contributed by atoms with E-state index in [1.807, 2.05) is 0 Å². The van der Waals surface area contributed by atoms with Crippen LogP contribution in [0.15, 0.2) is 22.7 Å². The van der Waals surface area contributed by atoms with Gasteiger partial charge in [0.15, 0.2) is 0 Å². The molecule has 4 nitrogen and oxygen atoms in total. The van der Waals surface area contributed by atoms with Crippen LogP contribution in [0.2, 0.25) is 5.02 Å². The van der Waals surface area contributed by atoms with Gasteiger partial charge in [-0.1, -0.05) is 11.6 Å². The van der Waals surface area contributed by atoms with Gasteiger partial charge in [0, 0.05) is 29.0 Å². The largest absolute Gasteiger partial charge is 0.352 e. The Morgan fingerprint density at radius 1 is 1.56 bits per heavy atom. The first-order valence-corrected chi connectivity index (χ1v) is 6.76. The summed E-state index contributed by atoms with van der Waals surface area (Å²) in [6.45, 7) is 0.449. The minimum atomic E-state index is -0.173. The summed E-state index contributed by atoms with van der Waals surface area (Å²) in [5.41, 5.74) is 0.538. The first-order chi connectivity index (χ1) is 8.56. The Balaban J connectivity index is 1.91. The number of amides is 2. The van der Waals surface area contributed by atoms with Crippen LogP contribution in [0.1, 0.15) is 23.2 Å². The van der Waals surface area contributed by atoms with Gasteiger partial charge >= 0.3 is 0 Å². The van der Waals surface area contributed by atoms with Gasteiger partial charge in [-0.3, -0.25) is 9.59 Å². The lowest BCUT2D eigenvalue weighted by Gasteiger charge is -2.11. The lowest BCUT2D eigenvalue weighted by atomic mass is 10.2. The Bertz CT molecular complexity index is 493. The minimum Gasteiger partial charge on any atom is -0.352 e. The van der Waals surface area contributed by atoms with Crippen LogP contribution in [0.4, 0.5) is 0 Å². The van der Waals surface area contributed by atoms with E-state index in [4.69, 9.17) is 11.6 Å². The van der Waals surface area contributed by atoms with Gasteiger partial charge in [0.2, 0.25) is 5.91 Å². The Labute approximate surface area is 118 Å². The molecule has 2 rings (SSSR count). The molecule has 0 bridgehead atoms. The number of benzene rings is 1. The summed E-state index contributed by atoms with van der Waals surface area (Å²) in [7, 11) is 0. The highest BCUT2D eigenvalue weighted by molar-refractivity contribution is 9.10. The van der Waals surface area contributed by atoms with Crippen LogP contribution >= 0.6 is 27.5 Å². The van der Waals surface area contributed by atoms with E-state index in [2.05, 4.69) is 26.6 Å². The summed E-state index contributed by atoms with van der Waals surface area (Å²) in [4.78, 5) is 22.9. The van der Waals surface area contributed by atoms with Gasteiger partial charge in [-0.05, 0) is 40.5 Å². The maximum Gasteiger partial charge on any atom is 0.251 e. The van der Waals surface area contributed by atoms with Gasteiger partial charge in [0.25, 0.3) is 5.91 Å². The van der Waals surface area contributed by atoms with Crippen molar-refractivity contribution in [2.45, 2.75) is 18.9 Å². The quantitative estimate of drug-likeness (QED) is 0.891. The molecule has 18 heavy (non-hydrogen) atoms. The van der Waals surface area contributed by atoms with Crippen LogP contribution < -0.4 is 10.6 Å². The zero-order valence-electron chi connectivity index (χ0n) is 9.50. The third-order valence-corrected chi connectivity index (χ3v) is 3.99. The summed E-state index contributed by atoms with van der Waals surface area (Å²) < 4.78 is 0.686. The fourth-order valence-corrected chi connectivity index (χ4v) is 2.28. The molecule has 1 aromatic carbocycles. The Morgan fingerprint density at radius 2 is 2.33 bits per heavy atom. The summed E-state index contributed by atoms with van der Waals surface area (Å²) in [5.74, 6) is -0.128. The molecule has 6 heteroatoms. The number of halogens is 2. The van der Waals surface area contributed by atoms with Crippen LogP contribution in [0.5, 0.6) is 0 Å². The number of nitrogens with one attached hydrogen (secondary N) is 2. The molecule has 2 N–H and O–H groups in total. The Kier molecular flexibility index (Phi) is 4.24. The van der Waals surface area contributed by atoms with E-state index in [1.54, 1.807) is 18.2 Å². The van der Waals surface area contributed by atoms with Crippen LogP contribution in [-0.2, 0) is 4.79 Å². The summed E-state index contributed by atoms with van der Waals surface area (Å²) >= 11 is 9.13. The van der Waals surface area contributed by atoms with Gasteiger partial charge in [-0.15, -0.1) is 0 Å². The predicted molar refractivity (Wildman–Crippen MR) is 72.6 cm³/mol. The third kappa shape index (κ3) is 3.23. The standard InChI is InChI=1S/C12H12BrClN2O2/c13-9-5-7(1-3-10(9)14)12(18)15-6-8-2-4-11(17)16-8/h1,3,5,8H,2,4,6H2,(H,15,18)(H,16,17). The number of carbonyl (C=O) groups excluding carboxylic acids is 2. The summed E-state index contributed by atoms with van der Waals surface area (Å²) in [6, 6.07) is 5.04. The molecule has 0 aromatic heterocycles. The highest BCUT2D eigenvalue weighted by Crippen LogP contribution is 2.23. The molecule has 96 valence electrons. The van der Waals surface area contributed by atoms with E-state index in [0.29, 0.717) is 28.0 Å². The topological polar surface area (TPSA) is 58.2 Å². The first kappa shape index (κ1) is 13.4. The SMILES string of the molecule is O=C1CCC(CNC(=O)c2ccc(Cl)c(Br)c2)N1. The second-order valence-electron chi connectivity index (χ2n) is 4.14. The molecule has 0 spiro atoms. The lowest BCUT2D eigenvalue weighted by Crippen LogP contribution is -2.38. The maximum absolute atomic E-state index is 11.9. The number of hydrogen-bond donors (Lipinski definition) is 2. The van der Waals surface area contributed by atoms with Crippen LogP contribution in [0.3, 0.4) is 0 Å². The molecular weight excluding hydrogens is 320 g/mol. The average molecular weight is 332 g/mol. The van der Waals surface area contributed by atoms with E-state index in [0.717, 1.165) is 6.42 Å². The first-order valence-electron chi connectivity index (χ1n) is 5.59. The molecule has 0 radical (unpaired) electrons. The van der Waals surface area contributed by atoms with Crippen molar-refractivity contribution < 1.29 is 9.59 Å². The second-order valence-corrected chi connectivity index (χ2v) is 5.40. The van der Waals surface area contributed by atoms with Crippen molar-refractivity contribution in [2.75, 3.05) is 6.54 Å². The van der Waals surface area contributed by atoms with Crippen molar-refractivity contribution in [3.8, 4) is 0 Å². The lowest BCUT2D eigenvalue weighted by molar-refractivity contribution is -0.119. The van der Waals surface area contributed by atoms with Crippen molar-refractivity contribution in [1.29, 1.82) is 0 Å². The van der Waals surface area contributed by atoms with E-state index in [-0.39, 0.29) is 17.9 Å². The third-order valence-electron chi connectivity index (χ3n) is 2.78. The van der Waals surface area contributed by atoms with Crippen LogP contribution in [0, 0.1) is 0 Å². The molecule has 1 unspecified atom stereocenters. The van der Waals surface area contributed by atoms with Gasteiger partial charge in [-0.25, -0.2) is 0 Å². The molecule has 1 fully saturated rings. The molecule has 0 saturated carbocycles. The summed E-state index contributed by atoms with van der Waals surface area (Å²) in [6.07, 6.45) is 1.30. The Morgan fingerprint density at radius 3 is 2.94 bits per heavy atom. The van der Waals surface area contributed by atoms with Gasteiger partial charge in [0.05, 0.1) is 5.02 Å². The molecule has 1 heterocycles. The van der Waals surface area contributed by atoms with E-state index in [1.165, 1.54) is 0 Å². The fourth-order valence-electron chi connectivity index (χ4n) is 1.79. The number of hydrogen-bond acceptors (Lipinski definition) is 2. The number of rotatable bonds is 3. The molecule has 1 aliphatic rings. The van der Waals surface area contributed by atoms with Crippen molar-refractivity contribution >= 4 is 39.3 Å². The Hall–Kier alpha value is -1.07. The van der Waals surface area contributed by atoms with E-state index < -0.39 is 0 Å². The zero-order valence-corrected chi connectivity index (χ0v) is 11.8. The van der Waals surface area contributed by atoms with Crippen molar-refractivity contribution in [3.63, 3.8) is 0 Å². The summed E-state index contributed by atoms with van der Waals surface area (Å²) in [5, 5.41) is 6.15. The van der Waals surface area contributed by atoms with E-state index in [9.17, 15) is 9.59 Å². The highest BCUT2D eigenvalue weighted by Gasteiger charge is 2.21. The monoisotopic (exact) mass is 330 g/mol. The highest BCUT2D eigenvalue weighted by atomic mass is 79.9. The molecule has 1 saturated heterocycles. The molecular formula is C12H12BrClN2O2. The maximum atomic E-state index is 11.9. The van der Waals surface area contributed by atoms with Crippen LogP contribution in [-0.4, -0.2) is 24.4 Å². The fraction of sp³-hybridized carbons (Fsp3) is 0.333. The number of carbonyl (C=O) groups is 2. The second kappa shape index (κ2) is 5.71. The average Bonchev–Trinajstić information content (AvgIpc) is 2.75. The van der Waals surface area contributed by atoms with E-state index >= 15 is 0 Å². The van der Waals surface area contributed by atoms with Gasteiger partial charge < -0.3 is 10.6 Å². The molecule has 1 aromatic rings. The molecule has 1 aliphatic heterocycles. The van der Waals surface area contributed by atoms with Gasteiger partial charge in [-0.2, -0.15) is 0 Å².